The smallest absolute Gasteiger partial charge is 0.338 e. The van der Waals surface area contributed by atoms with Gasteiger partial charge in [0.2, 0.25) is 0 Å². The molecule has 1 aromatic carbocycles. The molecule has 13 nitrogen and oxygen atoms in total. The molecular weight excluding hydrogens is 508 g/mol. The first-order valence-corrected chi connectivity index (χ1v) is 12.1. The summed E-state index contributed by atoms with van der Waals surface area (Å²) in [5.74, 6) is -4.96. The van der Waals surface area contributed by atoms with Crippen molar-refractivity contribution in [2.75, 3.05) is 6.61 Å². The van der Waals surface area contributed by atoms with Crippen LogP contribution in [-0.2, 0) is 23.8 Å². The molecule has 1 saturated heterocycles. The van der Waals surface area contributed by atoms with E-state index < -0.39 is 78.5 Å². The zero-order valence-corrected chi connectivity index (χ0v) is 20.5. The Labute approximate surface area is 217 Å². The van der Waals surface area contributed by atoms with Gasteiger partial charge in [0.25, 0.3) is 0 Å². The summed E-state index contributed by atoms with van der Waals surface area (Å²) >= 11 is 0. The first-order chi connectivity index (χ1) is 17.9. The van der Waals surface area contributed by atoms with Crippen molar-refractivity contribution in [1.82, 2.24) is 0 Å². The molecule has 3 rings (SSSR count). The van der Waals surface area contributed by atoms with Gasteiger partial charge in [0.1, 0.15) is 36.8 Å². The predicted molar refractivity (Wildman–Crippen MR) is 126 cm³/mol. The minimum Gasteiger partial charge on any atom is -0.504 e. The highest BCUT2D eigenvalue weighted by Crippen LogP contribution is 2.36. The van der Waals surface area contributed by atoms with Crippen LogP contribution in [0.3, 0.4) is 0 Å². The summed E-state index contributed by atoms with van der Waals surface area (Å²) in [6.07, 6.45) is -4.05. The van der Waals surface area contributed by atoms with Gasteiger partial charge in [-0.05, 0) is 37.8 Å². The molecule has 1 aliphatic heterocycles. The molecule has 1 aromatic rings. The number of carbonyl (C=O) groups excluding carboxylic acids is 2. The lowest BCUT2D eigenvalue weighted by Gasteiger charge is -2.40. The number of ether oxygens (including phenoxy) is 3. The van der Waals surface area contributed by atoms with Gasteiger partial charge in [0.15, 0.2) is 23.5 Å². The van der Waals surface area contributed by atoms with Gasteiger partial charge in [0, 0.05) is 18.8 Å². The number of phenols is 3. The summed E-state index contributed by atoms with van der Waals surface area (Å²) in [5, 5.41) is 68.3. The number of aliphatic carboxylic acids is 1. The molecule has 2 fully saturated rings. The van der Waals surface area contributed by atoms with Crippen LogP contribution in [0.2, 0.25) is 0 Å². The lowest BCUT2D eigenvalue weighted by molar-refractivity contribution is -0.306. The number of allylic oxidation sites excluding steroid dienone is 1. The Morgan fingerprint density at radius 3 is 2.39 bits per heavy atom. The van der Waals surface area contributed by atoms with E-state index in [1.54, 1.807) is 19.1 Å². The first kappa shape index (κ1) is 29.3. The number of Topliss-reactive ketones (excluding diaryl/α,β-unsaturated/α-hetero) is 1. The van der Waals surface area contributed by atoms with Crippen molar-refractivity contribution in [3.8, 4) is 17.2 Å². The number of phenolic OH excluding ortho intramolecular Hbond substituents is 3. The number of aromatic hydroxyl groups is 3. The van der Waals surface area contributed by atoms with Gasteiger partial charge >= 0.3 is 11.9 Å². The molecule has 0 aromatic heterocycles. The van der Waals surface area contributed by atoms with Gasteiger partial charge in [-0.3, -0.25) is 9.59 Å². The second-order valence-electron chi connectivity index (χ2n) is 9.45. The zero-order chi connectivity index (χ0) is 28.1. The van der Waals surface area contributed by atoms with Crippen molar-refractivity contribution in [2.24, 2.45) is 11.8 Å². The molecule has 1 heterocycles. The largest absolute Gasteiger partial charge is 0.504 e. The van der Waals surface area contributed by atoms with Crippen molar-refractivity contribution in [1.29, 1.82) is 0 Å². The Balaban J connectivity index is 1.56. The summed E-state index contributed by atoms with van der Waals surface area (Å²) in [7, 11) is 0. The molecule has 1 saturated carbocycles. The number of hydrogen-bond acceptors (Lipinski definition) is 12. The summed E-state index contributed by atoms with van der Waals surface area (Å²) in [6.45, 7) is 1.01. The van der Waals surface area contributed by atoms with E-state index in [1.807, 2.05) is 0 Å². The van der Waals surface area contributed by atoms with E-state index in [0.717, 1.165) is 12.1 Å². The van der Waals surface area contributed by atoms with Crippen LogP contribution in [-0.4, -0.2) is 96.9 Å². The second-order valence-corrected chi connectivity index (χ2v) is 9.45. The molecular formula is C25H32O13. The average molecular weight is 541 g/mol. The van der Waals surface area contributed by atoms with Crippen LogP contribution in [0.15, 0.2) is 24.3 Å². The van der Waals surface area contributed by atoms with E-state index in [9.17, 15) is 45.0 Å². The second kappa shape index (κ2) is 12.5. The molecule has 7 N–H and O–H groups in total. The van der Waals surface area contributed by atoms with E-state index >= 15 is 0 Å². The summed E-state index contributed by atoms with van der Waals surface area (Å²) in [5.41, 5.74) is -0.304. The molecule has 8 atom stereocenters. The molecule has 13 heteroatoms. The highest BCUT2D eigenvalue weighted by atomic mass is 16.7. The average Bonchev–Trinajstić information content (AvgIpc) is 3.19. The molecule has 0 amide bonds. The lowest BCUT2D eigenvalue weighted by atomic mass is 9.89. The third kappa shape index (κ3) is 6.99. The lowest BCUT2D eigenvalue weighted by Crippen LogP contribution is -2.59. The van der Waals surface area contributed by atoms with E-state index in [2.05, 4.69) is 0 Å². The molecule has 38 heavy (non-hydrogen) atoms. The maximum atomic E-state index is 12.3. The summed E-state index contributed by atoms with van der Waals surface area (Å²) < 4.78 is 16.2. The number of aliphatic hydroxyl groups is 3. The van der Waals surface area contributed by atoms with Gasteiger partial charge in [0.05, 0.1) is 11.7 Å². The van der Waals surface area contributed by atoms with Gasteiger partial charge < -0.3 is 50.0 Å². The molecule has 0 bridgehead atoms. The number of ketones is 1. The van der Waals surface area contributed by atoms with Crippen LogP contribution in [0.1, 0.15) is 43.0 Å². The maximum absolute atomic E-state index is 12.3. The van der Waals surface area contributed by atoms with Gasteiger partial charge in [-0.2, -0.15) is 0 Å². The van der Waals surface area contributed by atoms with Crippen LogP contribution in [0.5, 0.6) is 17.2 Å². The summed E-state index contributed by atoms with van der Waals surface area (Å²) in [6, 6.07) is 1.72. The third-order valence-corrected chi connectivity index (χ3v) is 6.68. The van der Waals surface area contributed by atoms with Gasteiger partial charge in [-0.25, -0.2) is 4.79 Å². The number of hydrogen-bond donors (Lipinski definition) is 7. The summed E-state index contributed by atoms with van der Waals surface area (Å²) in [4.78, 5) is 35.4. The fraction of sp³-hybridized carbons (Fsp3) is 0.560. The molecule has 0 spiro atoms. The van der Waals surface area contributed by atoms with Crippen LogP contribution in [0, 0.1) is 11.8 Å². The van der Waals surface area contributed by atoms with Crippen LogP contribution >= 0.6 is 0 Å². The third-order valence-electron chi connectivity index (χ3n) is 6.68. The van der Waals surface area contributed by atoms with Crippen molar-refractivity contribution < 1.29 is 64.3 Å². The van der Waals surface area contributed by atoms with Crippen LogP contribution in [0.25, 0.3) is 0 Å². The highest BCUT2D eigenvalue weighted by molar-refractivity contribution is 5.91. The Morgan fingerprint density at radius 1 is 1.11 bits per heavy atom. The number of aliphatic hydroxyl groups excluding tert-OH is 3. The standard InChI is InChI=1S/C25H32O13/c1-11(3-2-4-14-12(9-19(29)30)5-6-15(14)26)37-25-23(34)22(33)21(32)18(38-25)10-36-24(35)13-7-16(27)20(31)17(28)8-13/h2-3,7-8,11-12,14,18,21-23,25,27-28,31-34H,4-6,9-10H2,1H3,(H,29,30). The molecule has 8 unspecified atom stereocenters. The Hall–Kier alpha value is -3.23. The quantitative estimate of drug-likeness (QED) is 0.120. The van der Waals surface area contributed by atoms with E-state index in [-0.39, 0.29) is 23.7 Å². The number of carboxylic acids is 1. The zero-order valence-electron chi connectivity index (χ0n) is 20.5. The Kier molecular flexibility index (Phi) is 9.68. The fourth-order valence-electron chi connectivity index (χ4n) is 4.57. The van der Waals surface area contributed by atoms with Crippen molar-refractivity contribution in [3.05, 3.63) is 29.8 Å². The molecule has 1 aliphatic carbocycles. The SMILES string of the molecule is CC(C=CCC1C(=O)CCC1CC(=O)O)OC1OC(COC(=O)c2cc(O)c(O)c(O)c2)C(O)C(O)C1O. The Morgan fingerprint density at radius 2 is 1.76 bits per heavy atom. The van der Waals surface area contributed by atoms with Crippen molar-refractivity contribution in [2.45, 2.75) is 69.4 Å². The monoisotopic (exact) mass is 540 g/mol. The molecule has 210 valence electrons. The molecule has 0 radical (unpaired) electrons. The number of esters is 1. The van der Waals surface area contributed by atoms with Gasteiger partial charge in [-0.1, -0.05) is 12.2 Å². The number of carboxylic acid groups (broad SMARTS) is 1. The minimum atomic E-state index is -1.71. The number of rotatable bonds is 10. The Bertz CT molecular complexity index is 1030. The van der Waals surface area contributed by atoms with Crippen LogP contribution in [0.4, 0.5) is 0 Å². The topological polar surface area (TPSA) is 221 Å². The first-order valence-electron chi connectivity index (χ1n) is 12.1. The van der Waals surface area contributed by atoms with E-state index in [0.29, 0.717) is 19.3 Å². The molecule has 2 aliphatic rings. The normalized spacial score (nSPS) is 30.4. The maximum Gasteiger partial charge on any atom is 0.338 e. The number of carbonyl (C=O) groups is 3. The van der Waals surface area contributed by atoms with Crippen molar-refractivity contribution in [3.63, 3.8) is 0 Å². The minimum absolute atomic E-state index is 0.00716. The number of benzene rings is 1. The highest BCUT2D eigenvalue weighted by Gasteiger charge is 2.45. The van der Waals surface area contributed by atoms with Crippen LogP contribution < -0.4 is 0 Å². The van der Waals surface area contributed by atoms with E-state index in [1.165, 1.54) is 0 Å². The van der Waals surface area contributed by atoms with Crippen molar-refractivity contribution >= 4 is 17.7 Å². The van der Waals surface area contributed by atoms with Gasteiger partial charge in [-0.15, -0.1) is 0 Å². The fourth-order valence-corrected chi connectivity index (χ4v) is 4.57. The predicted octanol–water partition coefficient (Wildman–Crippen LogP) is 0.189. The van der Waals surface area contributed by atoms with E-state index in [4.69, 9.17) is 19.3 Å².